The molecule has 0 heterocycles. The van der Waals surface area contributed by atoms with E-state index in [0.717, 1.165) is 0 Å². The van der Waals surface area contributed by atoms with Crippen molar-refractivity contribution in [3.05, 3.63) is 0 Å². The third-order valence-corrected chi connectivity index (χ3v) is 25.8. The standard InChI is InChI=1S/C2H5B5I2/c1-2-9(5,6,7)8(3)4/h2H2,1H3. The van der Waals surface area contributed by atoms with Crippen LogP contribution in [-0.4, -0.2) is 32.9 Å². The van der Waals surface area contributed by atoms with Gasteiger partial charge < -0.3 is 0 Å². The molecule has 9 heavy (non-hydrogen) atoms. The van der Waals surface area contributed by atoms with Gasteiger partial charge in [-0.1, -0.05) is 0 Å². The Labute approximate surface area is 66.8 Å². The Balaban J connectivity index is 4.30. The van der Waals surface area contributed by atoms with Crippen LogP contribution in [-0.2, 0) is 0 Å². The molecular weight excluding hydrogens is 332 g/mol. The molecular formula is C2H5B5I2. The van der Waals surface area contributed by atoms with Crippen molar-refractivity contribution in [1.29, 1.82) is 0 Å². The molecule has 0 bridgehead atoms. The van der Waals surface area contributed by atoms with Crippen molar-refractivity contribution >= 4 is 56.3 Å². The van der Waals surface area contributed by atoms with Gasteiger partial charge in [-0.15, -0.1) is 0 Å². The number of hydrogen-bond acceptors (Lipinski definition) is 0. The quantitative estimate of drug-likeness (QED) is 0.389. The van der Waals surface area contributed by atoms with Gasteiger partial charge in [-0.3, -0.25) is 0 Å². The van der Waals surface area contributed by atoms with Crippen molar-refractivity contribution < 1.29 is 0 Å². The topological polar surface area (TPSA) is 0 Å². The summed E-state index contributed by atoms with van der Waals surface area (Å²) in [6.45, 7) is 1.85. The molecule has 42 valence electrons. The molecule has 0 saturated carbocycles. The van der Waals surface area contributed by atoms with Crippen LogP contribution < -0.4 is 0 Å². The predicted molar refractivity (Wildman–Crippen MR) is 67.4 cm³/mol. The van der Waals surface area contributed by atoms with E-state index in [1.165, 1.54) is 0 Å². The van der Waals surface area contributed by atoms with Crippen LogP contribution in [0.3, 0.4) is 0 Å². The van der Waals surface area contributed by atoms with Crippen LogP contribution in [0, 0.1) is 0 Å². The van der Waals surface area contributed by atoms with Crippen LogP contribution in [0.5, 0.6) is 0 Å². The normalized spacial score (nSPS) is 17.9. The molecule has 10 radical (unpaired) electrons. The van der Waals surface area contributed by atoms with E-state index in [4.69, 9.17) is 28.5 Å². The molecule has 7 heteroatoms. The summed E-state index contributed by atoms with van der Waals surface area (Å²) in [4.78, 5) is 0. The molecule has 0 aromatic heterocycles. The molecule has 0 nitrogen and oxygen atoms in total. The molecule has 0 aliphatic heterocycles. The van der Waals surface area contributed by atoms with Crippen molar-refractivity contribution in [2.24, 2.45) is 0 Å². The van der Waals surface area contributed by atoms with E-state index in [1.807, 2.05) is 6.92 Å². The van der Waals surface area contributed by atoms with E-state index in [9.17, 15) is 0 Å². The first kappa shape index (κ1) is 10.8. The van der Waals surface area contributed by atoms with Crippen LogP contribution in [0.4, 0.5) is 0 Å². The van der Waals surface area contributed by atoms with Crippen molar-refractivity contribution in [3.63, 3.8) is 0 Å². The summed E-state index contributed by atoms with van der Waals surface area (Å²) in [5.41, 5.74) is 27.9. The van der Waals surface area contributed by atoms with Crippen molar-refractivity contribution in [2.45, 2.75) is 6.92 Å². The summed E-state index contributed by atoms with van der Waals surface area (Å²) in [5, 5.41) is 0. The van der Waals surface area contributed by atoms with E-state index >= 15 is 0 Å². The third kappa shape index (κ3) is 3.12. The summed E-state index contributed by atoms with van der Waals surface area (Å²) in [6, 6.07) is 0. The summed E-state index contributed by atoms with van der Waals surface area (Å²) in [7, 11) is 0. The summed E-state index contributed by atoms with van der Waals surface area (Å²) in [5.74, 6) is 0. The Bertz CT molecular complexity index is 103. The molecule has 0 spiro atoms. The van der Waals surface area contributed by atoms with Crippen LogP contribution in [0.2, 0.25) is 0 Å². The van der Waals surface area contributed by atoms with Gasteiger partial charge in [0, 0.05) is 0 Å². The van der Waals surface area contributed by atoms with E-state index in [2.05, 4.69) is 0 Å². The van der Waals surface area contributed by atoms with E-state index in [1.54, 1.807) is 0 Å². The van der Waals surface area contributed by atoms with Crippen molar-refractivity contribution in [2.75, 3.05) is 4.43 Å². The van der Waals surface area contributed by atoms with Gasteiger partial charge in [-0.25, -0.2) is 0 Å². The van der Waals surface area contributed by atoms with Crippen LogP contribution in [0.1, 0.15) is 6.92 Å². The van der Waals surface area contributed by atoms with E-state index in [-0.39, 0.29) is 0 Å². The first-order valence-electron chi connectivity index (χ1n) is 2.21. The Morgan fingerprint density at radius 1 is 1.22 bits per heavy atom. The number of rotatable bonds is 2. The fourth-order valence-electron chi connectivity index (χ4n) is 0.117. The van der Waals surface area contributed by atoms with Crippen molar-refractivity contribution in [1.82, 2.24) is 0 Å². The minimum atomic E-state index is -3.57. The fraction of sp³-hybridized carbons (Fsp3) is 1.00. The van der Waals surface area contributed by atoms with Gasteiger partial charge in [0.15, 0.2) is 0 Å². The molecule has 0 fully saturated rings. The van der Waals surface area contributed by atoms with Gasteiger partial charge in [-0.2, -0.15) is 0 Å². The summed E-state index contributed by atoms with van der Waals surface area (Å²) < 4.78 is 0.586. The van der Waals surface area contributed by atoms with Gasteiger partial charge in [-0.05, 0) is 0 Å². The molecule has 0 saturated heterocycles. The second kappa shape index (κ2) is 3.03. The second-order valence-electron chi connectivity index (χ2n) is 1.75. The van der Waals surface area contributed by atoms with Gasteiger partial charge in [0.1, 0.15) is 0 Å². The number of alkyl halides is 1. The van der Waals surface area contributed by atoms with Gasteiger partial charge in [0.05, 0.1) is 0 Å². The summed E-state index contributed by atoms with van der Waals surface area (Å²) in [6.07, 6.45) is 0. The zero-order valence-electron chi connectivity index (χ0n) is 5.35. The molecule has 0 aromatic rings. The molecule has 0 aliphatic rings. The molecule has 0 rings (SSSR count). The SMILES string of the molecule is [B]I([B])I([B])([B])([B])CC. The van der Waals surface area contributed by atoms with Gasteiger partial charge in [0.2, 0.25) is 0 Å². The number of hydrogen-bond donors (Lipinski definition) is 0. The third-order valence-electron chi connectivity index (χ3n) is 0.966. The van der Waals surface area contributed by atoms with E-state index < -0.39 is 27.8 Å². The van der Waals surface area contributed by atoms with Crippen LogP contribution in [0.15, 0.2) is 0 Å². The minimum absolute atomic E-state index is 0.586. The molecule has 0 amide bonds. The Kier molecular flexibility index (Phi) is 3.63. The maximum atomic E-state index is 5.66. The fourth-order valence-corrected chi connectivity index (χ4v) is 5.25. The van der Waals surface area contributed by atoms with Gasteiger partial charge in [0.25, 0.3) is 0 Å². The van der Waals surface area contributed by atoms with Crippen molar-refractivity contribution in [3.8, 4) is 0 Å². The maximum absolute atomic E-state index is 5.66. The van der Waals surface area contributed by atoms with Gasteiger partial charge >= 0.3 is 67.7 Å². The zero-order valence-corrected chi connectivity index (χ0v) is 9.66. The average Bonchev–Trinajstić information content (AvgIpc) is 1.66. The average molecular weight is 337 g/mol. The van der Waals surface area contributed by atoms with E-state index in [0.29, 0.717) is 4.43 Å². The monoisotopic (exact) mass is 338 g/mol. The first-order chi connectivity index (χ1) is 3.78. The summed E-state index contributed by atoms with van der Waals surface area (Å²) >= 11 is -5.70. The zero-order chi connectivity index (χ0) is 7.73. The second-order valence-corrected chi connectivity index (χ2v) is 31.4. The molecule has 0 unspecified atom stereocenters. The molecule has 0 N–H and O–H groups in total. The first-order valence-corrected chi connectivity index (χ1v) is 16.2. The predicted octanol–water partition coefficient (Wildman–Crippen LogP) is 0.423. The Hall–Kier alpha value is 1.78. The molecule has 0 aromatic carbocycles. The Morgan fingerprint density at radius 2 is 1.56 bits per heavy atom. The molecule has 0 aliphatic carbocycles. The van der Waals surface area contributed by atoms with Crippen LogP contribution in [0.25, 0.3) is 0 Å². The Morgan fingerprint density at radius 3 is 1.56 bits per heavy atom. The number of halogens is 2. The van der Waals surface area contributed by atoms with Crippen LogP contribution >= 0.6 is 27.8 Å². The molecule has 0 atom stereocenters.